The lowest BCUT2D eigenvalue weighted by Gasteiger charge is -2.33. The smallest absolute Gasteiger partial charge is 0.231 e. The molecule has 2 aromatic rings. The lowest BCUT2D eigenvalue weighted by atomic mass is 10.0. The fraction of sp³-hybridized carbons (Fsp3) is 0.318. The first kappa shape index (κ1) is 16.8. The van der Waals surface area contributed by atoms with Gasteiger partial charge in [-0.2, -0.15) is 0 Å². The van der Waals surface area contributed by atoms with Crippen LogP contribution >= 0.6 is 11.6 Å². The molecular weight excluding hydrogens is 362 g/mol. The van der Waals surface area contributed by atoms with E-state index in [4.69, 9.17) is 21.1 Å². The predicted molar refractivity (Wildman–Crippen MR) is 104 cm³/mol. The second-order valence-corrected chi connectivity index (χ2v) is 7.81. The zero-order valence-corrected chi connectivity index (χ0v) is 15.7. The van der Waals surface area contributed by atoms with Crippen LogP contribution in [-0.2, 0) is 6.54 Å². The normalized spacial score (nSPS) is 21.1. The molecule has 0 amide bonds. The molecule has 0 aromatic heterocycles. The number of nitrogens with zero attached hydrogens (tertiary/aromatic N) is 1. The number of hydrogen-bond donors (Lipinski definition) is 0. The van der Waals surface area contributed by atoms with Crippen molar-refractivity contribution in [1.82, 2.24) is 4.90 Å². The maximum Gasteiger partial charge on any atom is 0.231 e. The van der Waals surface area contributed by atoms with Gasteiger partial charge in [0.1, 0.15) is 18.2 Å². The SMILES string of the molecule is O=C1/C(=C/c2ccc(Cl)cc2)Oc2c1ccc1c2CN(C2CCCC2)CO1. The van der Waals surface area contributed by atoms with Crippen LogP contribution in [0.3, 0.4) is 0 Å². The predicted octanol–water partition coefficient (Wildman–Crippen LogP) is 5.05. The number of Topliss-reactive ketones (excluding diaryl/α,β-unsaturated/α-hetero) is 1. The number of rotatable bonds is 2. The Balaban J connectivity index is 1.46. The molecule has 1 aliphatic carbocycles. The highest BCUT2D eigenvalue weighted by molar-refractivity contribution is 6.30. The van der Waals surface area contributed by atoms with Crippen molar-refractivity contribution in [3.63, 3.8) is 0 Å². The van der Waals surface area contributed by atoms with E-state index in [1.807, 2.05) is 24.3 Å². The monoisotopic (exact) mass is 381 g/mol. The molecule has 2 aliphatic heterocycles. The van der Waals surface area contributed by atoms with E-state index in [-0.39, 0.29) is 5.78 Å². The topological polar surface area (TPSA) is 38.8 Å². The molecule has 0 N–H and O–H groups in total. The van der Waals surface area contributed by atoms with E-state index in [9.17, 15) is 4.79 Å². The zero-order valence-electron chi connectivity index (χ0n) is 14.9. The van der Waals surface area contributed by atoms with Gasteiger partial charge in [0.2, 0.25) is 5.78 Å². The summed E-state index contributed by atoms with van der Waals surface area (Å²) in [5.74, 6) is 1.74. The summed E-state index contributed by atoms with van der Waals surface area (Å²) in [6.07, 6.45) is 6.77. The van der Waals surface area contributed by atoms with Crippen molar-refractivity contribution < 1.29 is 14.3 Å². The summed E-state index contributed by atoms with van der Waals surface area (Å²) >= 11 is 5.94. The molecule has 0 saturated heterocycles. The average molecular weight is 382 g/mol. The van der Waals surface area contributed by atoms with Gasteiger partial charge in [-0.1, -0.05) is 36.6 Å². The Kier molecular flexibility index (Phi) is 4.18. The summed E-state index contributed by atoms with van der Waals surface area (Å²) in [7, 11) is 0. The third-order valence-corrected chi connectivity index (χ3v) is 5.91. The number of ether oxygens (including phenoxy) is 2. The van der Waals surface area contributed by atoms with Gasteiger partial charge in [-0.25, -0.2) is 0 Å². The first-order valence-electron chi connectivity index (χ1n) is 9.41. The van der Waals surface area contributed by atoms with Gasteiger partial charge in [0.15, 0.2) is 5.76 Å². The van der Waals surface area contributed by atoms with Crippen molar-refractivity contribution in [3.8, 4) is 11.5 Å². The second-order valence-electron chi connectivity index (χ2n) is 7.37. The molecule has 0 spiro atoms. The number of carbonyl (C=O) groups excluding carboxylic acids is 1. The van der Waals surface area contributed by atoms with Crippen molar-refractivity contribution in [3.05, 3.63) is 63.9 Å². The van der Waals surface area contributed by atoms with Gasteiger partial charge >= 0.3 is 0 Å². The molecule has 1 saturated carbocycles. The molecule has 5 rings (SSSR count). The van der Waals surface area contributed by atoms with Gasteiger partial charge in [0, 0.05) is 17.6 Å². The Morgan fingerprint density at radius 1 is 1.07 bits per heavy atom. The molecule has 0 unspecified atom stereocenters. The van der Waals surface area contributed by atoms with Crippen LogP contribution in [0.5, 0.6) is 11.5 Å². The molecule has 4 nitrogen and oxygen atoms in total. The van der Waals surface area contributed by atoms with Crippen molar-refractivity contribution in [1.29, 1.82) is 0 Å². The first-order valence-corrected chi connectivity index (χ1v) is 9.79. The number of carbonyl (C=O) groups is 1. The van der Waals surface area contributed by atoms with E-state index in [1.165, 1.54) is 25.7 Å². The number of fused-ring (bicyclic) bond motifs is 3. The fourth-order valence-corrected chi connectivity index (χ4v) is 4.32. The van der Waals surface area contributed by atoms with Gasteiger partial charge in [0.25, 0.3) is 0 Å². The highest BCUT2D eigenvalue weighted by Crippen LogP contribution is 2.43. The number of allylic oxidation sites excluding steroid dienone is 1. The van der Waals surface area contributed by atoms with Crippen molar-refractivity contribution in [2.24, 2.45) is 0 Å². The van der Waals surface area contributed by atoms with E-state index < -0.39 is 0 Å². The summed E-state index contributed by atoms with van der Waals surface area (Å²) in [5, 5.41) is 0.664. The second kappa shape index (κ2) is 6.70. The maximum atomic E-state index is 12.8. The minimum absolute atomic E-state index is 0.0826. The molecule has 27 heavy (non-hydrogen) atoms. The summed E-state index contributed by atoms with van der Waals surface area (Å²) in [4.78, 5) is 15.2. The van der Waals surface area contributed by atoms with Gasteiger partial charge in [-0.15, -0.1) is 0 Å². The number of ketones is 1. The number of halogens is 1. The Hall–Kier alpha value is -2.30. The molecule has 5 heteroatoms. The Morgan fingerprint density at radius 2 is 1.85 bits per heavy atom. The Morgan fingerprint density at radius 3 is 2.63 bits per heavy atom. The van der Waals surface area contributed by atoms with Crippen molar-refractivity contribution in [2.75, 3.05) is 6.73 Å². The van der Waals surface area contributed by atoms with Gasteiger partial charge in [-0.05, 0) is 48.7 Å². The van der Waals surface area contributed by atoms with Crippen LogP contribution in [0.15, 0.2) is 42.2 Å². The summed E-state index contributed by atoms with van der Waals surface area (Å²) in [5.41, 5.74) is 2.48. The Bertz CT molecular complexity index is 929. The van der Waals surface area contributed by atoms with E-state index in [2.05, 4.69) is 4.90 Å². The highest BCUT2D eigenvalue weighted by atomic mass is 35.5. The summed E-state index contributed by atoms with van der Waals surface area (Å²) < 4.78 is 12.0. The van der Waals surface area contributed by atoms with Crippen LogP contribution in [0.1, 0.15) is 47.2 Å². The molecular formula is C22H20ClNO3. The van der Waals surface area contributed by atoms with E-state index in [0.29, 0.717) is 34.9 Å². The van der Waals surface area contributed by atoms with Gasteiger partial charge in [-0.3, -0.25) is 9.69 Å². The summed E-state index contributed by atoms with van der Waals surface area (Å²) in [6, 6.07) is 11.6. The first-order chi connectivity index (χ1) is 13.2. The molecule has 0 atom stereocenters. The lowest BCUT2D eigenvalue weighted by molar-refractivity contribution is 0.0567. The molecule has 1 fully saturated rings. The van der Waals surface area contributed by atoms with Gasteiger partial charge < -0.3 is 9.47 Å². The van der Waals surface area contributed by atoms with Crippen LogP contribution in [0.4, 0.5) is 0 Å². The van der Waals surface area contributed by atoms with E-state index in [0.717, 1.165) is 23.4 Å². The zero-order chi connectivity index (χ0) is 18.4. The largest absolute Gasteiger partial charge is 0.478 e. The van der Waals surface area contributed by atoms with Crippen molar-refractivity contribution >= 4 is 23.5 Å². The minimum atomic E-state index is -0.0826. The molecule has 0 radical (unpaired) electrons. The molecule has 2 heterocycles. The number of hydrogen-bond acceptors (Lipinski definition) is 4. The quantitative estimate of drug-likeness (QED) is 0.682. The molecule has 3 aliphatic rings. The maximum absolute atomic E-state index is 12.8. The summed E-state index contributed by atoms with van der Waals surface area (Å²) in [6.45, 7) is 1.38. The highest BCUT2D eigenvalue weighted by Gasteiger charge is 2.35. The third-order valence-electron chi connectivity index (χ3n) is 5.65. The lowest BCUT2D eigenvalue weighted by Crippen LogP contribution is -2.39. The average Bonchev–Trinajstić information content (AvgIpc) is 3.33. The molecule has 2 aromatic carbocycles. The molecule has 0 bridgehead atoms. The van der Waals surface area contributed by atoms with Gasteiger partial charge in [0.05, 0.1) is 11.1 Å². The van der Waals surface area contributed by atoms with E-state index in [1.54, 1.807) is 18.2 Å². The fourth-order valence-electron chi connectivity index (χ4n) is 4.19. The number of benzene rings is 2. The minimum Gasteiger partial charge on any atom is -0.478 e. The molecule has 138 valence electrons. The van der Waals surface area contributed by atoms with E-state index >= 15 is 0 Å². The third kappa shape index (κ3) is 3.03. The van der Waals surface area contributed by atoms with Crippen LogP contribution in [-0.4, -0.2) is 23.5 Å². The van der Waals surface area contributed by atoms with Crippen molar-refractivity contribution in [2.45, 2.75) is 38.3 Å². The standard InChI is InChI=1S/C22H20ClNO3/c23-15-7-5-14(6-8-15)11-20-21(25)17-9-10-19-18(22(17)27-20)12-24(13-26-19)16-3-1-2-4-16/h5-11,16H,1-4,12-13H2/b20-11-. The van der Waals surface area contributed by atoms with Crippen LogP contribution in [0.25, 0.3) is 6.08 Å². The van der Waals surface area contributed by atoms with Crippen LogP contribution < -0.4 is 9.47 Å². The van der Waals surface area contributed by atoms with Crippen LogP contribution in [0.2, 0.25) is 5.02 Å². The van der Waals surface area contributed by atoms with Crippen LogP contribution in [0, 0.1) is 0 Å². The Labute approximate surface area is 163 Å².